The Balaban J connectivity index is 1.97. The zero-order valence-corrected chi connectivity index (χ0v) is 22.0. The van der Waals surface area contributed by atoms with Crippen molar-refractivity contribution >= 4 is 32.3 Å². The first-order valence-electron chi connectivity index (χ1n) is 12.8. The van der Waals surface area contributed by atoms with Crippen molar-refractivity contribution in [1.82, 2.24) is 0 Å². The summed E-state index contributed by atoms with van der Waals surface area (Å²) in [5.74, 6) is 2.66. The highest BCUT2D eigenvalue weighted by molar-refractivity contribution is 6.19. The molecular formula is C33H34O3. The molecule has 0 aliphatic heterocycles. The van der Waals surface area contributed by atoms with Crippen LogP contribution in [-0.4, -0.2) is 18.3 Å². The lowest BCUT2D eigenvalue weighted by molar-refractivity contribution is 0.240. The number of fused-ring (bicyclic) bond motifs is 3. The lowest BCUT2D eigenvalue weighted by Gasteiger charge is -2.24. The minimum absolute atomic E-state index is 0.0186. The standard InChI is InChI=1S/C33H34O3/c1-20(2)34-30-19-29(33(36-22(5)6)26-16-10-7-13-23(26)30)31-24-14-8-11-17-27(24)32(35-21(3)4)28-18-12-9-15-25(28)31/h7-22H,1-6H3. The molecule has 3 nitrogen and oxygen atoms in total. The fourth-order valence-corrected chi connectivity index (χ4v) is 4.96. The Morgan fingerprint density at radius 3 is 1.31 bits per heavy atom. The Morgan fingerprint density at radius 1 is 0.444 bits per heavy atom. The third-order valence-corrected chi connectivity index (χ3v) is 6.18. The molecule has 5 aromatic rings. The van der Waals surface area contributed by atoms with E-state index >= 15 is 0 Å². The van der Waals surface area contributed by atoms with E-state index in [2.05, 4.69) is 120 Å². The van der Waals surface area contributed by atoms with Crippen LogP contribution in [0.25, 0.3) is 43.4 Å². The van der Waals surface area contributed by atoms with Gasteiger partial charge in [-0.2, -0.15) is 0 Å². The molecule has 0 saturated carbocycles. The molecule has 0 aliphatic rings. The van der Waals surface area contributed by atoms with Crippen molar-refractivity contribution in [2.75, 3.05) is 0 Å². The van der Waals surface area contributed by atoms with Crippen LogP contribution in [0.5, 0.6) is 17.2 Å². The fourth-order valence-electron chi connectivity index (χ4n) is 4.96. The molecule has 0 unspecified atom stereocenters. The first kappa shape index (κ1) is 24.0. The zero-order valence-electron chi connectivity index (χ0n) is 22.0. The summed E-state index contributed by atoms with van der Waals surface area (Å²) in [7, 11) is 0. The third kappa shape index (κ3) is 4.35. The summed E-state index contributed by atoms with van der Waals surface area (Å²) < 4.78 is 19.4. The van der Waals surface area contributed by atoms with Gasteiger partial charge in [0, 0.05) is 32.7 Å². The highest BCUT2D eigenvalue weighted by atomic mass is 16.5. The molecule has 5 rings (SSSR count). The summed E-state index contributed by atoms with van der Waals surface area (Å²) in [5, 5.41) is 6.55. The molecule has 0 radical (unpaired) electrons. The Labute approximate surface area is 213 Å². The maximum Gasteiger partial charge on any atom is 0.135 e. The van der Waals surface area contributed by atoms with Gasteiger partial charge < -0.3 is 14.2 Å². The molecule has 0 aliphatic carbocycles. The van der Waals surface area contributed by atoms with Crippen LogP contribution in [0.1, 0.15) is 41.5 Å². The van der Waals surface area contributed by atoms with Crippen LogP contribution in [0.3, 0.4) is 0 Å². The van der Waals surface area contributed by atoms with Gasteiger partial charge in [0.1, 0.15) is 17.2 Å². The Kier molecular flexibility index (Phi) is 6.49. The lowest BCUT2D eigenvalue weighted by atomic mass is 9.89. The third-order valence-electron chi connectivity index (χ3n) is 6.18. The number of ether oxygens (including phenoxy) is 3. The van der Waals surface area contributed by atoms with Gasteiger partial charge in [-0.25, -0.2) is 0 Å². The van der Waals surface area contributed by atoms with E-state index in [1.807, 2.05) is 0 Å². The SMILES string of the molecule is CC(C)Oc1cc(-c2c3ccccc3c(OC(C)C)c3ccccc23)c(OC(C)C)c2ccccc12. The smallest absolute Gasteiger partial charge is 0.135 e. The zero-order chi connectivity index (χ0) is 25.4. The fraction of sp³-hybridized carbons (Fsp3) is 0.273. The number of benzene rings is 5. The average Bonchev–Trinajstić information content (AvgIpc) is 2.85. The minimum atomic E-state index is 0.0186. The minimum Gasteiger partial charge on any atom is -0.490 e. The summed E-state index contributed by atoms with van der Waals surface area (Å²) in [4.78, 5) is 0. The second-order valence-corrected chi connectivity index (χ2v) is 10.1. The predicted octanol–water partition coefficient (Wildman–Crippen LogP) is 9.17. The highest BCUT2D eigenvalue weighted by Crippen LogP contribution is 2.49. The van der Waals surface area contributed by atoms with E-state index < -0.39 is 0 Å². The van der Waals surface area contributed by atoms with Gasteiger partial charge >= 0.3 is 0 Å². The van der Waals surface area contributed by atoms with Crippen molar-refractivity contribution in [1.29, 1.82) is 0 Å². The second-order valence-electron chi connectivity index (χ2n) is 10.1. The quantitative estimate of drug-likeness (QED) is 0.218. The molecule has 5 aromatic carbocycles. The molecule has 0 amide bonds. The van der Waals surface area contributed by atoms with Crippen molar-refractivity contribution in [3.63, 3.8) is 0 Å². The molecule has 3 heteroatoms. The summed E-state index contributed by atoms with van der Waals surface area (Å²) in [6.45, 7) is 12.4. The second kappa shape index (κ2) is 9.73. The van der Waals surface area contributed by atoms with E-state index in [1.54, 1.807) is 0 Å². The Bertz CT molecular complexity index is 1490. The van der Waals surface area contributed by atoms with Crippen molar-refractivity contribution in [2.24, 2.45) is 0 Å². The van der Waals surface area contributed by atoms with Crippen LogP contribution in [0, 0.1) is 0 Å². The molecule has 0 spiro atoms. The highest BCUT2D eigenvalue weighted by Gasteiger charge is 2.23. The van der Waals surface area contributed by atoms with E-state index in [0.29, 0.717) is 0 Å². The summed E-state index contributed by atoms with van der Waals surface area (Å²) >= 11 is 0. The van der Waals surface area contributed by atoms with Gasteiger partial charge in [-0.3, -0.25) is 0 Å². The van der Waals surface area contributed by atoms with E-state index in [0.717, 1.165) is 60.7 Å². The van der Waals surface area contributed by atoms with E-state index in [1.165, 1.54) is 0 Å². The van der Waals surface area contributed by atoms with Gasteiger partial charge in [-0.1, -0.05) is 72.8 Å². The van der Waals surface area contributed by atoms with Gasteiger partial charge in [0.25, 0.3) is 0 Å². The van der Waals surface area contributed by atoms with Crippen LogP contribution < -0.4 is 14.2 Å². The molecule has 184 valence electrons. The monoisotopic (exact) mass is 478 g/mol. The summed E-state index contributed by atoms with van der Waals surface area (Å²) in [5.41, 5.74) is 2.16. The van der Waals surface area contributed by atoms with Crippen LogP contribution in [0.2, 0.25) is 0 Å². The Hall–Kier alpha value is -3.72. The van der Waals surface area contributed by atoms with Gasteiger partial charge in [0.15, 0.2) is 0 Å². The number of rotatable bonds is 7. The number of hydrogen-bond acceptors (Lipinski definition) is 3. The van der Waals surface area contributed by atoms with Gasteiger partial charge in [-0.05, 0) is 58.4 Å². The normalized spacial score (nSPS) is 11.8. The maximum absolute atomic E-state index is 6.58. The van der Waals surface area contributed by atoms with Crippen molar-refractivity contribution < 1.29 is 14.2 Å². The van der Waals surface area contributed by atoms with Crippen molar-refractivity contribution in [3.8, 4) is 28.4 Å². The average molecular weight is 479 g/mol. The first-order valence-corrected chi connectivity index (χ1v) is 12.8. The lowest BCUT2D eigenvalue weighted by Crippen LogP contribution is -2.10. The molecule has 0 aromatic heterocycles. The predicted molar refractivity (Wildman–Crippen MR) is 152 cm³/mol. The van der Waals surface area contributed by atoms with Crippen LogP contribution in [-0.2, 0) is 0 Å². The van der Waals surface area contributed by atoms with Gasteiger partial charge in [0.05, 0.1) is 18.3 Å². The molecule has 0 heterocycles. The molecule has 0 fully saturated rings. The molecule has 0 bridgehead atoms. The summed E-state index contributed by atoms with van der Waals surface area (Å²) in [6, 6.07) is 27.5. The van der Waals surface area contributed by atoms with Gasteiger partial charge in [0.2, 0.25) is 0 Å². The largest absolute Gasteiger partial charge is 0.490 e. The van der Waals surface area contributed by atoms with E-state index in [-0.39, 0.29) is 18.3 Å². The van der Waals surface area contributed by atoms with Crippen LogP contribution in [0.15, 0.2) is 78.9 Å². The topological polar surface area (TPSA) is 27.7 Å². The first-order chi connectivity index (χ1) is 17.3. The van der Waals surface area contributed by atoms with Crippen LogP contribution in [0.4, 0.5) is 0 Å². The van der Waals surface area contributed by atoms with Crippen molar-refractivity contribution in [3.05, 3.63) is 78.9 Å². The maximum atomic E-state index is 6.58. The summed E-state index contributed by atoms with van der Waals surface area (Å²) in [6.07, 6.45) is 0.132. The molecule has 0 saturated heterocycles. The molecule has 0 atom stereocenters. The molecule has 0 N–H and O–H groups in total. The van der Waals surface area contributed by atoms with E-state index in [9.17, 15) is 0 Å². The van der Waals surface area contributed by atoms with Crippen molar-refractivity contribution in [2.45, 2.75) is 59.9 Å². The Morgan fingerprint density at radius 2 is 0.833 bits per heavy atom. The van der Waals surface area contributed by atoms with Gasteiger partial charge in [-0.15, -0.1) is 0 Å². The van der Waals surface area contributed by atoms with E-state index in [4.69, 9.17) is 14.2 Å². The van der Waals surface area contributed by atoms with Crippen LogP contribution >= 0.6 is 0 Å². The number of hydrogen-bond donors (Lipinski definition) is 0. The molecular weight excluding hydrogens is 444 g/mol. The molecule has 36 heavy (non-hydrogen) atoms.